The van der Waals surface area contributed by atoms with Crippen LogP contribution in [0.3, 0.4) is 0 Å². The van der Waals surface area contributed by atoms with E-state index < -0.39 is 0 Å². The molecule has 28 heavy (non-hydrogen) atoms. The Bertz CT molecular complexity index is 709. The zero-order valence-electron chi connectivity index (χ0n) is 18.2. The average Bonchev–Trinajstić information content (AvgIpc) is 3.03. The van der Waals surface area contributed by atoms with Crippen molar-refractivity contribution in [1.82, 2.24) is 4.90 Å². The molecule has 0 aromatic heterocycles. The summed E-state index contributed by atoms with van der Waals surface area (Å²) in [5, 5.41) is 0. The molecule has 0 bridgehead atoms. The van der Waals surface area contributed by atoms with E-state index in [0.29, 0.717) is 35.8 Å². The number of rotatable bonds is 3. The molecule has 2 N–H and O–H groups in total. The van der Waals surface area contributed by atoms with E-state index in [9.17, 15) is 9.59 Å². The minimum atomic E-state index is 0.100. The zero-order valence-corrected chi connectivity index (χ0v) is 18.2. The van der Waals surface area contributed by atoms with Crippen molar-refractivity contribution in [2.24, 2.45) is 40.2 Å². The van der Waals surface area contributed by atoms with E-state index in [1.54, 1.807) is 0 Å². The van der Waals surface area contributed by atoms with E-state index in [4.69, 9.17) is 5.73 Å². The van der Waals surface area contributed by atoms with Crippen molar-refractivity contribution in [2.45, 2.75) is 79.1 Å². The highest BCUT2D eigenvalue weighted by Gasteiger charge is 2.60. The summed E-state index contributed by atoms with van der Waals surface area (Å²) in [4.78, 5) is 27.5. The molecule has 0 heterocycles. The van der Waals surface area contributed by atoms with Crippen molar-refractivity contribution in [3.05, 3.63) is 11.3 Å². The van der Waals surface area contributed by atoms with Crippen molar-refractivity contribution in [3.8, 4) is 0 Å². The topological polar surface area (TPSA) is 63.4 Å². The van der Waals surface area contributed by atoms with E-state index in [2.05, 4.69) is 27.7 Å². The van der Waals surface area contributed by atoms with Gasteiger partial charge in [-0.3, -0.25) is 9.59 Å². The number of amides is 1. The SMILES string of the molecule is CCN(CC)C(=O)C1CC[C@H]2[C@@H]3CCC4=C(N)C(=O)CC[C@]4(C)[C@@H]3CC[C@]12C. The largest absolute Gasteiger partial charge is 0.396 e. The molecule has 4 nitrogen and oxygen atoms in total. The lowest BCUT2D eigenvalue weighted by Crippen LogP contribution is -2.53. The van der Waals surface area contributed by atoms with Crippen LogP contribution in [0.4, 0.5) is 0 Å². The number of nitrogens with zero attached hydrogens (tertiary/aromatic N) is 1. The van der Waals surface area contributed by atoms with Gasteiger partial charge >= 0.3 is 0 Å². The van der Waals surface area contributed by atoms with E-state index in [1.165, 1.54) is 18.4 Å². The molecule has 6 atom stereocenters. The first-order chi connectivity index (χ1) is 13.3. The van der Waals surface area contributed by atoms with E-state index in [0.717, 1.165) is 45.2 Å². The molecule has 4 rings (SSSR count). The summed E-state index contributed by atoms with van der Waals surface area (Å²) in [7, 11) is 0. The monoisotopic (exact) mass is 386 g/mol. The summed E-state index contributed by atoms with van der Waals surface area (Å²) in [6.07, 6.45) is 8.29. The van der Waals surface area contributed by atoms with Gasteiger partial charge in [0.1, 0.15) is 0 Å². The second-order valence-electron chi connectivity index (χ2n) is 10.3. The van der Waals surface area contributed by atoms with Crippen LogP contribution in [0, 0.1) is 34.5 Å². The highest BCUT2D eigenvalue weighted by Crippen LogP contribution is 2.67. The molecule has 1 amide bonds. The normalized spacial score (nSPS) is 42.6. The third-order valence-electron chi connectivity index (χ3n) is 9.54. The molecule has 0 aromatic rings. The lowest BCUT2D eigenvalue weighted by atomic mass is 9.46. The van der Waals surface area contributed by atoms with Crippen LogP contribution < -0.4 is 5.73 Å². The first kappa shape index (κ1) is 20.0. The van der Waals surface area contributed by atoms with E-state index in [-0.39, 0.29) is 22.5 Å². The molecule has 0 aliphatic heterocycles. The van der Waals surface area contributed by atoms with Crippen LogP contribution in [-0.4, -0.2) is 29.7 Å². The van der Waals surface area contributed by atoms with Crippen LogP contribution in [0.25, 0.3) is 0 Å². The molecule has 4 aliphatic rings. The second kappa shape index (κ2) is 6.88. The Balaban J connectivity index is 1.62. The number of hydrogen-bond acceptors (Lipinski definition) is 3. The minimum absolute atomic E-state index is 0.100. The van der Waals surface area contributed by atoms with Gasteiger partial charge in [0.25, 0.3) is 0 Å². The summed E-state index contributed by atoms with van der Waals surface area (Å²) >= 11 is 0. The lowest BCUT2D eigenvalue weighted by molar-refractivity contribution is -0.142. The molecule has 0 spiro atoms. The standard InChI is InChI=1S/C24H38N2O2/c1-5-26(6-2)22(28)19-10-9-16-15-7-8-18-21(25)20(27)12-14-23(18,3)17(15)11-13-24(16,19)4/h15-17,19H,5-14,25H2,1-4H3/t15-,16-,17+,19?,23+,24-/m0/s1. The Morgan fingerprint density at radius 1 is 1.04 bits per heavy atom. The minimum Gasteiger partial charge on any atom is -0.396 e. The Morgan fingerprint density at radius 3 is 2.43 bits per heavy atom. The highest BCUT2D eigenvalue weighted by molar-refractivity contribution is 5.96. The Kier molecular flexibility index (Phi) is 4.91. The van der Waals surface area contributed by atoms with Crippen molar-refractivity contribution >= 4 is 11.7 Å². The maximum Gasteiger partial charge on any atom is 0.226 e. The third-order valence-corrected chi connectivity index (χ3v) is 9.54. The van der Waals surface area contributed by atoms with Gasteiger partial charge in [-0.05, 0) is 93.0 Å². The molecule has 4 heteroatoms. The number of ketones is 1. The summed E-state index contributed by atoms with van der Waals surface area (Å²) in [6.45, 7) is 10.6. The molecule has 0 radical (unpaired) electrons. The maximum atomic E-state index is 13.3. The third kappa shape index (κ3) is 2.62. The highest BCUT2D eigenvalue weighted by atomic mass is 16.2. The van der Waals surface area contributed by atoms with Gasteiger partial charge < -0.3 is 10.6 Å². The Labute approximate surface area is 170 Å². The molecule has 3 saturated carbocycles. The lowest BCUT2D eigenvalue weighted by Gasteiger charge is -2.58. The maximum absolute atomic E-state index is 13.3. The number of allylic oxidation sites excluding steroid dienone is 1. The predicted molar refractivity (Wildman–Crippen MR) is 111 cm³/mol. The number of carbonyl (C=O) groups is 2. The smallest absolute Gasteiger partial charge is 0.226 e. The van der Waals surface area contributed by atoms with Crippen molar-refractivity contribution in [2.75, 3.05) is 13.1 Å². The van der Waals surface area contributed by atoms with Gasteiger partial charge in [0.15, 0.2) is 5.78 Å². The molecular formula is C24H38N2O2. The van der Waals surface area contributed by atoms with E-state index >= 15 is 0 Å². The van der Waals surface area contributed by atoms with Crippen LogP contribution >= 0.6 is 0 Å². The first-order valence-electron chi connectivity index (χ1n) is 11.6. The van der Waals surface area contributed by atoms with Crippen molar-refractivity contribution < 1.29 is 9.59 Å². The van der Waals surface area contributed by atoms with Gasteiger partial charge in [0, 0.05) is 25.4 Å². The van der Waals surface area contributed by atoms with Crippen LogP contribution in [0.2, 0.25) is 0 Å². The summed E-state index contributed by atoms with van der Waals surface area (Å²) in [6, 6.07) is 0. The summed E-state index contributed by atoms with van der Waals surface area (Å²) < 4.78 is 0. The molecule has 156 valence electrons. The summed E-state index contributed by atoms with van der Waals surface area (Å²) in [5.74, 6) is 2.71. The van der Waals surface area contributed by atoms with Crippen molar-refractivity contribution in [3.63, 3.8) is 0 Å². The Hall–Kier alpha value is -1.32. The number of nitrogens with two attached hydrogens (primary N) is 1. The average molecular weight is 387 g/mol. The van der Waals surface area contributed by atoms with Crippen LogP contribution in [0.1, 0.15) is 79.1 Å². The van der Waals surface area contributed by atoms with Gasteiger partial charge in [-0.15, -0.1) is 0 Å². The quantitative estimate of drug-likeness (QED) is 0.787. The first-order valence-corrected chi connectivity index (χ1v) is 11.6. The number of fused-ring (bicyclic) bond motifs is 5. The Morgan fingerprint density at radius 2 is 1.75 bits per heavy atom. The van der Waals surface area contributed by atoms with Gasteiger partial charge in [-0.1, -0.05) is 13.8 Å². The van der Waals surface area contributed by atoms with Crippen molar-refractivity contribution in [1.29, 1.82) is 0 Å². The number of Topliss-reactive ketones (excluding diaryl/α,β-unsaturated/α-hetero) is 1. The number of carbonyl (C=O) groups excluding carboxylic acids is 2. The van der Waals surface area contributed by atoms with Crippen LogP contribution in [0.5, 0.6) is 0 Å². The second-order valence-corrected chi connectivity index (χ2v) is 10.3. The number of hydrogen-bond donors (Lipinski definition) is 1. The molecule has 4 aliphatic carbocycles. The fraction of sp³-hybridized carbons (Fsp3) is 0.833. The molecule has 3 fully saturated rings. The zero-order chi connectivity index (χ0) is 20.3. The van der Waals surface area contributed by atoms with Gasteiger partial charge in [0.05, 0.1) is 5.70 Å². The van der Waals surface area contributed by atoms with Crippen LogP contribution in [-0.2, 0) is 9.59 Å². The van der Waals surface area contributed by atoms with Gasteiger partial charge in [0.2, 0.25) is 5.91 Å². The fourth-order valence-corrected chi connectivity index (χ4v) is 7.92. The van der Waals surface area contributed by atoms with Gasteiger partial charge in [-0.25, -0.2) is 0 Å². The molecule has 1 unspecified atom stereocenters. The van der Waals surface area contributed by atoms with E-state index in [1.807, 2.05) is 4.90 Å². The van der Waals surface area contributed by atoms with Crippen LogP contribution in [0.15, 0.2) is 11.3 Å². The van der Waals surface area contributed by atoms with Gasteiger partial charge in [-0.2, -0.15) is 0 Å². The predicted octanol–water partition coefficient (Wildman–Crippen LogP) is 4.29. The molecular weight excluding hydrogens is 348 g/mol. The fourth-order valence-electron chi connectivity index (χ4n) is 7.92. The molecule has 0 saturated heterocycles. The summed E-state index contributed by atoms with van der Waals surface area (Å²) in [5.41, 5.74) is 8.38. The molecule has 0 aromatic carbocycles.